The number of benzene rings is 1. The minimum absolute atomic E-state index is 0.320. The Kier molecular flexibility index (Phi) is 5.13. The van der Waals surface area contributed by atoms with Crippen molar-refractivity contribution in [3.05, 3.63) is 23.8 Å². The molecule has 5 heteroatoms. The molecule has 0 aliphatic heterocycles. The van der Waals surface area contributed by atoms with Crippen LogP contribution in [0.5, 0.6) is 11.5 Å². The van der Waals surface area contributed by atoms with Gasteiger partial charge in [0.15, 0.2) is 6.61 Å². The summed E-state index contributed by atoms with van der Waals surface area (Å²) in [5.41, 5.74) is -0.313. The lowest BCUT2D eigenvalue weighted by molar-refractivity contribution is -0.151. The molecule has 110 valence electrons. The molecular weight excluding hydrogens is 260 g/mol. The van der Waals surface area contributed by atoms with Crippen LogP contribution in [0.2, 0.25) is 0 Å². The first kappa shape index (κ1) is 16.0. The largest absolute Gasteiger partial charge is 0.497 e. The van der Waals surface area contributed by atoms with Crippen molar-refractivity contribution >= 4 is 11.8 Å². The van der Waals surface area contributed by atoms with Gasteiger partial charge in [0.1, 0.15) is 11.5 Å². The zero-order chi connectivity index (χ0) is 15.3. The SMILES string of the molecule is COc1ccc(OC)c(C(=O)COC(=O)C(C)(C)C)c1. The van der Waals surface area contributed by atoms with E-state index in [1.807, 2.05) is 0 Å². The molecule has 0 atom stereocenters. The molecule has 0 unspecified atom stereocenters. The third-order valence-electron chi connectivity index (χ3n) is 2.65. The van der Waals surface area contributed by atoms with E-state index in [0.29, 0.717) is 17.1 Å². The normalized spacial score (nSPS) is 10.8. The van der Waals surface area contributed by atoms with Gasteiger partial charge >= 0.3 is 5.97 Å². The van der Waals surface area contributed by atoms with E-state index in [9.17, 15) is 9.59 Å². The number of ether oxygens (including phenoxy) is 3. The first-order chi connectivity index (χ1) is 9.29. The van der Waals surface area contributed by atoms with Crippen LogP contribution < -0.4 is 9.47 Å². The molecule has 1 aromatic carbocycles. The number of carbonyl (C=O) groups excluding carboxylic acids is 2. The maximum atomic E-state index is 12.1. The van der Waals surface area contributed by atoms with E-state index in [0.717, 1.165) is 0 Å². The Labute approximate surface area is 118 Å². The first-order valence-corrected chi connectivity index (χ1v) is 6.22. The van der Waals surface area contributed by atoms with Crippen molar-refractivity contribution in [1.82, 2.24) is 0 Å². The summed E-state index contributed by atoms with van der Waals surface area (Å²) in [6.07, 6.45) is 0. The molecule has 0 amide bonds. The van der Waals surface area contributed by atoms with Gasteiger partial charge in [0, 0.05) is 0 Å². The van der Waals surface area contributed by atoms with Crippen LogP contribution in [0.15, 0.2) is 18.2 Å². The zero-order valence-electron chi connectivity index (χ0n) is 12.5. The van der Waals surface area contributed by atoms with E-state index in [1.165, 1.54) is 14.2 Å². The summed E-state index contributed by atoms with van der Waals surface area (Å²) in [6, 6.07) is 4.89. The fourth-order valence-electron chi connectivity index (χ4n) is 1.46. The van der Waals surface area contributed by atoms with Gasteiger partial charge in [-0.3, -0.25) is 9.59 Å². The lowest BCUT2D eigenvalue weighted by Crippen LogP contribution is -2.25. The molecule has 0 fully saturated rings. The molecule has 5 nitrogen and oxygen atoms in total. The fourth-order valence-corrected chi connectivity index (χ4v) is 1.46. The summed E-state index contributed by atoms with van der Waals surface area (Å²) in [6.45, 7) is 4.86. The minimum Gasteiger partial charge on any atom is -0.497 e. The van der Waals surface area contributed by atoms with Gasteiger partial charge in [-0.1, -0.05) is 0 Å². The highest BCUT2D eigenvalue weighted by molar-refractivity contribution is 6.00. The molecule has 0 aliphatic rings. The molecule has 0 aliphatic carbocycles. The van der Waals surface area contributed by atoms with E-state index in [4.69, 9.17) is 14.2 Å². The Bertz CT molecular complexity index is 499. The molecule has 0 saturated carbocycles. The Morgan fingerprint density at radius 2 is 1.75 bits per heavy atom. The van der Waals surface area contributed by atoms with Gasteiger partial charge < -0.3 is 14.2 Å². The first-order valence-electron chi connectivity index (χ1n) is 6.22. The van der Waals surface area contributed by atoms with Gasteiger partial charge in [-0.2, -0.15) is 0 Å². The highest BCUT2D eigenvalue weighted by Crippen LogP contribution is 2.24. The highest BCUT2D eigenvalue weighted by Gasteiger charge is 2.24. The molecule has 0 bridgehead atoms. The third kappa shape index (κ3) is 3.98. The van der Waals surface area contributed by atoms with E-state index in [1.54, 1.807) is 39.0 Å². The predicted octanol–water partition coefficient (Wildman–Crippen LogP) is 2.48. The number of rotatable bonds is 5. The van der Waals surface area contributed by atoms with Gasteiger partial charge in [0.25, 0.3) is 0 Å². The fraction of sp³-hybridized carbons (Fsp3) is 0.467. The Balaban J connectivity index is 2.84. The topological polar surface area (TPSA) is 61.8 Å². The average molecular weight is 280 g/mol. The quantitative estimate of drug-likeness (QED) is 0.612. The third-order valence-corrected chi connectivity index (χ3v) is 2.65. The predicted molar refractivity (Wildman–Crippen MR) is 74.3 cm³/mol. The van der Waals surface area contributed by atoms with Crippen molar-refractivity contribution in [2.45, 2.75) is 20.8 Å². The standard InChI is InChI=1S/C15H20O5/c1-15(2,3)14(17)20-9-12(16)11-8-10(18-4)6-7-13(11)19-5/h6-8H,9H2,1-5H3. The summed E-state index contributed by atoms with van der Waals surface area (Å²) < 4.78 is 15.2. The van der Waals surface area contributed by atoms with E-state index in [-0.39, 0.29) is 12.4 Å². The van der Waals surface area contributed by atoms with Gasteiger partial charge in [-0.25, -0.2) is 0 Å². The van der Waals surface area contributed by atoms with Gasteiger partial charge in [-0.15, -0.1) is 0 Å². The lowest BCUT2D eigenvalue weighted by atomic mass is 9.97. The summed E-state index contributed by atoms with van der Waals surface area (Å²) in [5, 5.41) is 0. The van der Waals surface area contributed by atoms with Crippen LogP contribution >= 0.6 is 0 Å². The van der Waals surface area contributed by atoms with E-state index in [2.05, 4.69) is 0 Å². The van der Waals surface area contributed by atoms with Crippen LogP contribution in [0.25, 0.3) is 0 Å². The summed E-state index contributed by atoms with van der Waals surface area (Å²) in [7, 11) is 2.98. The number of carbonyl (C=O) groups is 2. The van der Waals surface area contributed by atoms with Crippen LogP contribution in [0.1, 0.15) is 31.1 Å². The van der Waals surface area contributed by atoms with Crippen molar-refractivity contribution in [3.63, 3.8) is 0 Å². The van der Waals surface area contributed by atoms with Crippen molar-refractivity contribution in [1.29, 1.82) is 0 Å². The van der Waals surface area contributed by atoms with Crippen LogP contribution in [-0.2, 0) is 9.53 Å². The summed E-state index contributed by atoms with van der Waals surface area (Å²) in [5.74, 6) is 0.199. The second kappa shape index (κ2) is 6.41. The Morgan fingerprint density at radius 3 is 2.25 bits per heavy atom. The number of hydrogen-bond donors (Lipinski definition) is 0. The molecule has 0 saturated heterocycles. The number of ketones is 1. The molecule has 1 rings (SSSR count). The molecule has 1 aromatic rings. The molecule has 0 radical (unpaired) electrons. The second-order valence-electron chi connectivity index (χ2n) is 5.32. The van der Waals surface area contributed by atoms with Crippen molar-refractivity contribution in [2.75, 3.05) is 20.8 Å². The minimum atomic E-state index is -0.640. The maximum Gasteiger partial charge on any atom is 0.311 e. The lowest BCUT2D eigenvalue weighted by Gasteiger charge is -2.16. The summed E-state index contributed by atoms with van der Waals surface area (Å²) in [4.78, 5) is 23.8. The van der Waals surface area contributed by atoms with Gasteiger partial charge in [0.05, 0.1) is 25.2 Å². The van der Waals surface area contributed by atoms with Crippen molar-refractivity contribution in [2.24, 2.45) is 5.41 Å². The Hall–Kier alpha value is -2.04. The van der Waals surface area contributed by atoms with Gasteiger partial charge in [-0.05, 0) is 39.0 Å². The molecule has 0 heterocycles. The second-order valence-corrected chi connectivity index (χ2v) is 5.32. The zero-order valence-corrected chi connectivity index (χ0v) is 12.5. The van der Waals surface area contributed by atoms with Crippen molar-refractivity contribution < 1.29 is 23.8 Å². The maximum absolute atomic E-state index is 12.1. The molecule has 0 spiro atoms. The number of Topliss-reactive ketones (excluding diaryl/α,β-unsaturated/α-hetero) is 1. The molecule has 0 aromatic heterocycles. The number of hydrogen-bond acceptors (Lipinski definition) is 5. The Morgan fingerprint density at radius 1 is 1.10 bits per heavy atom. The van der Waals surface area contributed by atoms with Crippen LogP contribution in [-0.4, -0.2) is 32.6 Å². The molecule has 0 N–H and O–H groups in total. The van der Waals surface area contributed by atoms with Crippen LogP contribution in [0.3, 0.4) is 0 Å². The molecule has 20 heavy (non-hydrogen) atoms. The average Bonchev–Trinajstić information content (AvgIpc) is 2.42. The van der Waals surface area contributed by atoms with E-state index >= 15 is 0 Å². The summed E-state index contributed by atoms with van der Waals surface area (Å²) >= 11 is 0. The van der Waals surface area contributed by atoms with Crippen LogP contribution in [0.4, 0.5) is 0 Å². The monoisotopic (exact) mass is 280 g/mol. The van der Waals surface area contributed by atoms with E-state index < -0.39 is 11.4 Å². The number of esters is 1. The number of methoxy groups -OCH3 is 2. The van der Waals surface area contributed by atoms with Crippen LogP contribution in [0, 0.1) is 5.41 Å². The van der Waals surface area contributed by atoms with Crippen molar-refractivity contribution in [3.8, 4) is 11.5 Å². The smallest absolute Gasteiger partial charge is 0.311 e. The van der Waals surface area contributed by atoms with Gasteiger partial charge in [0.2, 0.25) is 5.78 Å². The molecular formula is C15H20O5. The highest BCUT2D eigenvalue weighted by atomic mass is 16.5.